The monoisotopic (exact) mass is 216 g/mol. The van der Waals surface area contributed by atoms with Crippen molar-refractivity contribution in [1.82, 2.24) is 0 Å². The van der Waals surface area contributed by atoms with Crippen LogP contribution in [0.3, 0.4) is 0 Å². The molecule has 1 rings (SSSR count). The number of hydrogen-bond acceptors (Lipinski definition) is 2. The number of rotatable bonds is 4. The van der Waals surface area contributed by atoms with Gasteiger partial charge in [-0.05, 0) is 25.3 Å². The largest absolute Gasteiger partial charge is 0.491 e. The van der Waals surface area contributed by atoms with E-state index in [0.717, 1.165) is 10.6 Å². The van der Waals surface area contributed by atoms with Gasteiger partial charge in [0, 0.05) is 4.90 Å². The molecule has 1 nitrogen and oxygen atoms in total. The van der Waals surface area contributed by atoms with Crippen LogP contribution in [0.1, 0.15) is 6.92 Å². The molecule has 13 heavy (non-hydrogen) atoms. The third-order valence-electron chi connectivity index (χ3n) is 1.54. The van der Waals surface area contributed by atoms with Crippen molar-refractivity contribution in [3.8, 4) is 5.75 Å². The molecule has 0 spiro atoms. The number of halogens is 1. The maximum Gasteiger partial charge on any atom is 0.132 e. The van der Waals surface area contributed by atoms with E-state index < -0.39 is 0 Å². The van der Waals surface area contributed by atoms with Gasteiger partial charge in [0.05, 0.1) is 5.38 Å². The molecular formula is C10H13ClOS. The third-order valence-corrected chi connectivity index (χ3v) is 2.44. The lowest BCUT2D eigenvalue weighted by Gasteiger charge is -2.10. The Balaban J connectivity index is 2.64. The lowest BCUT2D eigenvalue weighted by atomic mass is 10.3. The second-order valence-electron chi connectivity index (χ2n) is 2.74. The van der Waals surface area contributed by atoms with Crippen LogP contribution in [0.2, 0.25) is 0 Å². The molecule has 0 saturated heterocycles. The summed E-state index contributed by atoms with van der Waals surface area (Å²) in [4.78, 5) is 1.15. The predicted molar refractivity (Wildman–Crippen MR) is 59.0 cm³/mol. The summed E-state index contributed by atoms with van der Waals surface area (Å²) in [7, 11) is 0. The molecule has 0 heterocycles. The van der Waals surface area contributed by atoms with Gasteiger partial charge in [0.15, 0.2) is 0 Å². The minimum absolute atomic E-state index is 0.0508. The predicted octanol–water partition coefficient (Wildman–Crippen LogP) is 3.41. The highest BCUT2D eigenvalue weighted by molar-refractivity contribution is 7.98. The maximum absolute atomic E-state index is 5.79. The minimum Gasteiger partial charge on any atom is -0.491 e. The van der Waals surface area contributed by atoms with Crippen LogP contribution >= 0.6 is 23.4 Å². The quantitative estimate of drug-likeness (QED) is 0.564. The Bertz CT molecular complexity index is 263. The first-order valence-electron chi connectivity index (χ1n) is 4.14. The van der Waals surface area contributed by atoms with Crippen LogP contribution in [-0.2, 0) is 0 Å². The van der Waals surface area contributed by atoms with Crippen molar-refractivity contribution in [2.75, 3.05) is 12.9 Å². The smallest absolute Gasteiger partial charge is 0.132 e. The van der Waals surface area contributed by atoms with E-state index in [1.807, 2.05) is 37.4 Å². The van der Waals surface area contributed by atoms with E-state index in [1.54, 1.807) is 11.8 Å². The number of ether oxygens (including phenoxy) is 1. The van der Waals surface area contributed by atoms with Crippen LogP contribution in [0.15, 0.2) is 29.2 Å². The summed E-state index contributed by atoms with van der Waals surface area (Å²) >= 11 is 7.47. The topological polar surface area (TPSA) is 9.23 Å². The van der Waals surface area contributed by atoms with Gasteiger partial charge in [0.25, 0.3) is 0 Å². The standard InChI is InChI=1S/C10H13ClOS/c1-8(11)7-12-9-5-3-4-6-10(9)13-2/h3-6,8H,7H2,1-2H3. The molecule has 0 aliphatic heterocycles. The van der Waals surface area contributed by atoms with Crippen LogP contribution in [0.25, 0.3) is 0 Å². The second-order valence-corrected chi connectivity index (χ2v) is 4.34. The van der Waals surface area contributed by atoms with Crippen LogP contribution < -0.4 is 4.74 Å². The molecule has 1 atom stereocenters. The van der Waals surface area contributed by atoms with Crippen molar-refractivity contribution >= 4 is 23.4 Å². The Labute approximate surface area is 88.4 Å². The molecule has 0 bridgehead atoms. The molecule has 0 N–H and O–H groups in total. The zero-order valence-corrected chi connectivity index (χ0v) is 9.36. The van der Waals surface area contributed by atoms with Crippen LogP contribution in [0.4, 0.5) is 0 Å². The number of hydrogen-bond donors (Lipinski definition) is 0. The second kappa shape index (κ2) is 5.40. The van der Waals surface area contributed by atoms with E-state index in [2.05, 4.69) is 0 Å². The summed E-state index contributed by atoms with van der Waals surface area (Å²) in [6.45, 7) is 2.47. The molecular weight excluding hydrogens is 204 g/mol. The fraction of sp³-hybridized carbons (Fsp3) is 0.400. The SMILES string of the molecule is CSc1ccccc1OCC(C)Cl. The Kier molecular flexibility index (Phi) is 4.46. The first-order valence-corrected chi connectivity index (χ1v) is 5.80. The van der Waals surface area contributed by atoms with Gasteiger partial charge in [-0.1, -0.05) is 12.1 Å². The van der Waals surface area contributed by atoms with E-state index in [-0.39, 0.29) is 5.38 Å². The van der Waals surface area contributed by atoms with Gasteiger partial charge >= 0.3 is 0 Å². The highest BCUT2D eigenvalue weighted by Crippen LogP contribution is 2.26. The van der Waals surface area contributed by atoms with Gasteiger partial charge in [-0.25, -0.2) is 0 Å². The maximum atomic E-state index is 5.79. The summed E-state index contributed by atoms with van der Waals surface area (Å²) < 4.78 is 5.54. The van der Waals surface area contributed by atoms with E-state index >= 15 is 0 Å². The number of benzene rings is 1. The number of thioether (sulfide) groups is 1. The zero-order valence-electron chi connectivity index (χ0n) is 7.79. The number of para-hydroxylation sites is 1. The van der Waals surface area contributed by atoms with Crippen molar-refractivity contribution in [3.63, 3.8) is 0 Å². The highest BCUT2D eigenvalue weighted by Gasteiger charge is 2.02. The molecule has 0 aliphatic carbocycles. The van der Waals surface area contributed by atoms with E-state index in [9.17, 15) is 0 Å². The van der Waals surface area contributed by atoms with Gasteiger partial charge in [-0.3, -0.25) is 0 Å². The first-order chi connectivity index (χ1) is 6.24. The van der Waals surface area contributed by atoms with Crippen molar-refractivity contribution in [1.29, 1.82) is 0 Å². The lowest BCUT2D eigenvalue weighted by molar-refractivity contribution is 0.313. The summed E-state index contributed by atoms with van der Waals surface area (Å²) in [6, 6.07) is 7.97. The van der Waals surface area contributed by atoms with Crippen LogP contribution in [0, 0.1) is 0 Å². The normalized spacial score (nSPS) is 12.5. The Morgan fingerprint density at radius 1 is 1.46 bits per heavy atom. The average Bonchev–Trinajstić information content (AvgIpc) is 2.15. The molecule has 0 aliphatic rings. The molecule has 1 aromatic rings. The Hall–Kier alpha value is -0.340. The van der Waals surface area contributed by atoms with Crippen molar-refractivity contribution in [3.05, 3.63) is 24.3 Å². The van der Waals surface area contributed by atoms with E-state index in [1.165, 1.54) is 0 Å². The van der Waals surface area contributed by atoms with Crippen LogP contribution in [0.5, 0.6) is 5.75 Å². The van der Waals surface area contributed by atoms with Gasteiger partial charge in [0.2, 0.25) is 0 Å². The minimum atomic E-state index is 0.0508. The van der Waals surface area contributed by atoms with E-state index in [4.69, 9.17) is 16.3 Å². The molecule has 0 fully saturated rings. The van der Waals surface area contributed by atoms with Gasteiger partial charge in [0.1, 0.15) is 12.4 Å². The Morgan fingerprint density at radius 2 is 2.15 bits per heavy atom. The summed E-state index contributed by atoms with van der Waals surface area (Å²) in [5.74, 6) is 0.919. The number of alkyl halides is 1. The van der Waals surface area contributed by atoms with Crippen molar-refractivity contribution in [2.24, 2.45) is 0 Å². The third kappa shape index (κ3) is 3.49. The summed E-state index contributed by atoms with van der Waals surface area (Å²) in [6.07, 6.45) is 2.03. The van der Waals surface area contributed by atoms with Crippen molar-refractivity contribution < 1.29 is 4.74 Å². The lowest BCUT2D eigenvalue weighted by Crippen LogP contribution is -2.07. The summed E-state index contributed by atoms with van der Waals surface area (Å²) in [5, 5.41) is 0.0508. The molecule has 1 aromatic carbocycles. The van der Waals surface area contributed by atoms with Crippen LogP contribution in [-0.4, -0.2) is 18.2 Å². The summed E-state index contributed by atoms with van der Waals surface area (Å²) in [5.41, 5.74) is 0. The fourth-order valence-electron chi connectivity index (χ4n) is 0.943. The first kappa shape index (κ1) is 10.7. The average molecular weight is 217 g/mol. The molecule has 0 amide bonds. The van der Waals surface area contributed by atoms with Crippen molar-refractivity contribution in [2.45, 2.75) is 17.2 Å². The molecule has 3 heteroatoms. The molecule has 0 radical (unpaired) electrons. The zero-order chi connectivity index (χ0) is 9.68. The van der Waals surface area contributed by atoms with Gasteiger partial charge in [-0.2, -0.15) is 0 Å². The molecule has 72 valence electrons. The molecule has 0 saturated carbocycles. The molecule has 0 aromatic heterocycles. The Morgan fingerprint density at radius 3 is 2.77 bits per heavy atom. The van der Waals surface area contributed by atoms with Gasteiger partial charge in [-0.15, -0.1) is 23.4 Å². The highest BCUT2D eigenvalue weighted by atomic mass is 35.5. The van der Waals surface area contributed by atoms with E-state index in [0.29, 0.717) is 6.61 Å². The van der Waals surface area contributed by atoms with Gasteiger partial charge < -0.3 is 4.74 Å². The fourth-order valence-corrected chi connectivity index (χ4v) is 1.55. The molecule has 1 unspecified atom stereocenters.